The summed E-state index contributed by atoms with van der Waals surface area (Å²) in [6.45, 7) is 1.98. The number of rotatable bonds is 2. The van der Waals surface area contributed by atoms with Gasteiger partial charge >= 0.3 is 0 Å². The number of hydrogen-bond donors (Lipinski definition) is 2. The molecule has 3 nitrogen and oxygen atoms in total. The van der Waals surface area contributed by atoms with Crippen molar-refractivity contribution >= 4 is 33.2 Å². The highest BCUT2D eigenvalue weighted by Crippen LogP contribution is 2.32. The molecule has 0 radical (unpaired) electrons. The van der Waals surface area contributed by atoms with E-state index in [1.165, 1.54) is 6.42 Å². The largest absolute Gasteiger partial charge is 0.397 e. The number of hydrogen-bond acceptors (Lipinski definition) is 2. The lowest BCUT2D eigenvalue weighted by atomic mass is 9.88. The summed E-state index contributed by atoms with van der Waals surface area (Å²) in [6, 6.07) is 3.84. The summed E-state index contributed by atoms with van der Waals surface area (Å²) in [5.41, 5.74) is 8.36. The van der Waals surface area contributed by atoms with Gasteiger partial charge in [-0.3, -0.25) is 4.79 Å². The molecule has 0 bridgehead atoms. The van der Waals surface area contributed by atoms with Gasteiger partial charge in [-0.25, -0.2) is 0 Å². The van der Waals surface area contributed by atoms with Crippen LogP contribution in [0.5, 0.6) is 0 Å². The Morgan fingerprint density at radius 2 is 2.00 bits per heavy atom. The molecular weight excluding hydrogens is 292 g/mol. The van der Waals surface area contributed by atoms with Gasteiger partial charge in [0.05, 0.1) is 11.4 Å². The number of benzene rings is 1. The molecule has 98 valence electrons. The van der Waals surface area contributed by atoms with Gasteiger partial charge < -0.3 is 11.1 Å². The number of nitrogens with one attached hydrogen (secondary N) is 1. The van der Waals surface area contributed by atoms with Crippen molar-refractivity contribution in [2.45, 2.75) is 39.0 Å². The second-order valence-corrected chi connectivity index (χ2v) is 5.89. The third-order valence-electron chi connectivity index (χ3n) is 3.49. The van der Waals surface area contributed by atoms with Gasteiger partial charge in [0.2, 0.25) is 5.91 Å². The van der Waals surface area contributed by atoms with Crippen LogP contribution in [0.1, 0.15) is 37.7 Å². The van der Waals surface area contributed by atoms with Crippen molar-refractivity contribution in [1.82, 2.24) is 0 Å². The van der Waals surface area contributed by atoms with Crippen LogP contribution < -0.4 is 11.1 Å². The molecule has 1 aliphatic carbocycles. The number of nitrogen functional groups attached to an aromatic ring is 1. The first-order chi connectivity index (χ1) is 8.58. The molecule has 1 aliphatic rings. The average molecular weight is 311 g/mol. The molecule has 1 fully saturated rings. The van der Waals surface area contributed by atoms with Crippen LogP contribution in [0.2, 0.25) is 0 Å². The number of carbonyl (C=O) groups is 1. The van der Waals surface area contributed by atoms with Crippen molar-refractivity contribution in [2.75, 3.05) is 11.1 Å². The van der Waals surface area contributed by atoms with Crippen molar-refractivity contribution in [1.29, 1.82) is 0 Å². The Bertz CT molecular complexity index is 430. The van der Waals surface area contributed by atoms with Gasteiger partial charge in [0, 0.05) is 10.4 Å². The molecule has 3 N–H and O–H groups in total. The summed E-state index contributed by atoms with van der Waals surface area (Å²) in [5.74, 6) is 0.248. The minimum Gasteiger partial charge on any atom is -0.397 e. The molecule has 0 aromatic heterocycles. The number of carbonyl (C=O) groups excluding carboxylic acids is 1. The Hall–Kier alpha value is -1.03. The molecule has 18 heavy (non-hydrogen) atoms. The number of anilines is 2. The molecule has 1 amide bonds. The van der Waals surface area contributed by atoms with E-state index < -0.39 is 0 Å². The zero-order chi connectivity index (χ0) is 13.1. The van der Waals surface area contributed by atoms with Crippen molar-refractivity contribution in [3.8, 4) is 0 Å². The fourth-order valence-electron chi connectivity index (χ4n) is 2.49. The third-order valence-corrected chi connectivity index (χ3v) is 4.11. The van der Waals surface area contributed by atoms with Gasteiger partial charge in [-0.1, -0.05) is 19.3 Å². The van der Waals surface area contributed by atoms with Crippen LogP contribution in [0.4, 0.5) is 11.4 Å². The average Bonchev–Trinajstić information content (AvgIpc) is 2.34. The first-order valence-corrected chi connectivity index (χ1v) is 7.23. The first kappa shape index (κ1) is 13.4. The van der Waals surface area contributed by atoms with Crippen LogP contribution in [-0.2, 0) is 4.79 Å². The number of halogens is 1. The number of aryl methyl sites for hydroxylation is 1. The highest BCUT2D eigenvalue weighted by Gasteiger charge is 2.22. The maximum atomic E-state index is 12.2. The van der Waals surface area contributed by atoms with E-state index in [1.807, 2.05) is 19.1 Å². The molecule has 1 aromatic carbocycles. The lowest BCUT2D eigenvalue weighted by molar-refractivity contribution is -0.120. The van der Waals surface area contributed by atoms with Gasteiger partial charge in [0.15, 0.2) is 0 Å². The summed E-state index contributed by atoms with van der Waals surface area (Å²) in [6.07, 6.45) is 5.55. The zero-order valence-corrected chi connectivity index (χ0v) is 12.2. The van der Waals surface area contributed by atoms with E-state index in [-0.39, 0.29) is 11.8 Å². The van der Waals surface area contributed by atoms with Gasteiger partial charge in [0.1, 0.15) is 0 Å². The highest BCUT2D eigenvalue weighted by molar-refractivity contribution is 9.10. The predicted molar refractivity (Wildman–Crippen MR) is 78.5 cm³/mol. The van der Waals surface area contributed by atoms with E-state index in [0.29, 0.717) is 11.4 Å². The third kappa shape index (κ3) is 3.05. The Labute approximate surface area is 116 Å². The molecule has 0 heterocycles. The summed E-state index contributed by atoms with van der Waals surface area (Å²) in [5, 5.41) is 2.96. The normalized spacial score (nSPS) is 16.6. The van der Waals surface area contributed by atoms with Gasteiger partial charge in [0.25, 0.3) is 0 Å². The second kappa shape index (κ2) is 5.74. The molecule has 0 atom stereocenters. The summed E-state index contributed by atoms with van der Waals surface area (Å²) < 4.78 is 0.851. The van der Waals surface area contributed by atoms with E-state index in [0.717, 1.165) is 35.7 Å². The maximum Gasteiger partial charge on any atom is 0.227 e. The van der Waals surface area contributed by atoms with Crippen molar-refractivity contribution in [3.05, 3.63) is 22.2 Å². The molecule has 2 rings (SSSR count). The first-order valence-electron chi connectivity index (χ1n) is 6.44. The van der Waals surface area contributed by atoms with E-state index in [9.17, 15) is 4.79 Å². The lowest BCUT2D eigenvalue weighted by Crippen LogP contribution is -2.25. The van der Waals surface area contributed by atoms with E-state index in [2.05, 4.69) is 21.2 Å². The molecule has 0 spiro atoms. The van der Waals surface area contributed by atoms with Crippen molar-refractivity contribution in [2.24, 2.45) is 5.92 Å². The Balaban J connectivity index is 2.11. The number of amides is 1. The smallest absolute Gasteiger partial charge is 0.227 e. The van der Waals surface area contributed by atoms with Crippen molar-refractivity contribution < 1.29 is 4.79 Å². The zero-order valence-electron chi connectivity index (χ0n) is 10.6. The summed E-state index contributed by atoms with van der Waals surface area (Å²) in [7, 11) is 0. The Morgan fingerprint density at radius 1 is 1.33 bits per heavy atom. The van der Waals surface area contributed by atoms with Crippen LogP contribution in [0.3, 0.4) is 0 Å². The summed E-state index contributed by atoms with van der Waals surface area (Å²) >= 11 is 3.46. The highest BCUT2D eigenvalue weighted by atomic mass is 79.9. The standard InChI is InChI=1S/C14H19BrN2O/c1-9-7-11(15)13(12(16)8-9)17-14(18)10-5-3-2-4-6-10/h7-8,10H,2-6,16H2,1H3,(H,17,18). The quantitative estimate of drug-likeness (QED) is 0.815. The lowest BCUT2D eigenvalue weighted by Gasteiger charge is -2.21. The molecule has 0 aliphatic heterocycles. The van der Waals surface area contributed by atoms with Gasteiger partial charge in [-0.15, -0.1) is 0 Å². The topological polar surface area (TPSA) is 55.1 Å². The molecule has 0 unspecified atom stereocenters. The fraction of sp³-hybridized carbons (Fsp3) is 0.500. The molecule has 0 saturated heterocycles. The minimum atomic E-state index is 0.103. The monoisotopic (exact) mass is 310 g/mol. The van der Waals surface area contributed by atoms with Gasteiger partial charge in [-0.05, 0) is 53.4 Å². The predicted octanol–water partition coefficient (Wildman–Crippen LogP) is 3.86. The second-order valence-electron chi connectivity index (χ2n) is 5.04. The van der Waals surface area contributed by atoms with E-state index in [4.69, 9.17) is 5.73 Å². The van der Waals surface area contributed by atoms with E-state index >= 15 is 0 Å². The molecular formula is C14H19BrN2O. The maximum absolute atomic E-state index is 12.2. The SMILES string of the molecule is Cc1cc(N)c(NC(=O)C2CCCCC2)c(Br)c1. The Kier molecular flexibility index (Phi) is 4.27. The molecule has 1 aromatic rings. The molecule has 1 saturated carbocycles. The Morgan fingerprint density at radius 3 is 2.61 bits per heavy atom. The van der Waals surface area contributed by atoms with Crippen LogP contribution >= 0.6 is 15.9 Å². The van der Waals surface area contributed by atoms with Crippen LogP contribution in [-0.4, -0.2) is 5.91 Å². The van der Waals surface area contributed by atoms with Crippen LogP contribution in [0.15, 0.2) is 16.6 Å². The molecule has 4 heteroatoms. The van der Waals surface area contributed by atoms with Crippen LogP contribution in [0, 0.1) is 12.8 Å². The fourth-order valence-corrected chi connectivity index (χ4v) is 3.18. The van der Waals surface area contributed by atoms with E-state index in [1.54, 1.807) is 0 Å². The van der Waals surface area contributed by atoms with Gasteiger partial charge in [-0.2, -0.15) is 0 Å². The minimum absolute atomic E-state index is 0.103. The van der Waals surface area contributed by atoms with Crippen LogP contribution in [0.25, 0.3) is 0 Å². The summed E-state index contributed by atoms with van der Waals surface area (Å²) in [4.78, 5) is 12.2. The van der Waals surface area contributed by atoms with Crippen molar-refractivity contribution in [3.63, 3.8) is 0 Å². The number of nitrogens with two attached hydrogens (primary N) is 1.